The first kappa shape index (κ1) is 9.89. The summed E-state index contributed by atoms with van der Waals surface area (Å²) in [6, 6.07) is -0.173. The molecule has 2 aliphatic heterocycles. The van der Waals surface area contributed by atoms with Gasteiger partial charge in [-0.15, -0.1) is 0 Å². The third kappa shape index (κ3) is 1.32. The second-order valence-corrected chi connectivity index (χ2v) is 4.06. The van der Waals surface area contributed by atoms with Crippen molar-refractivity contribution in [3.05, 3.63) is 0 Å². The Bertz CT molecular complexity index is 245. The highest BCUT2D eigenvalue weighted by atomic mass is 16.3. The summed E-state index contributed by atoms with van der Waals surface area (Å²) >= 11 is 0. The Morgan fingerprint density at radius 1 is 1.36 bits per heavy atom. The summed E-state index contributed by atoms with van der Waals surface area (Å²) in [5, 5.41) is 27.8. The van der Waals surface area contributed by atoms with E-state index in [1.807, 2.05) is 0 Å². The molecule has 0 radical (unpaired) electrons. The van der Waals surface area contributed by atoms with Gasteiger partial charge < -0.3 is 20.2 Å². The van der Waals surface area contributed by atoms with Crippen molar-refractivity contribution >= 4 is 5.91 Å². The molecule has 0 aliphatic carbocycles. The molecule has 0 aromatic heterocycles. The van der Waals surface area contributed by atoms with Gasteiger partial charge in [-0.1, -0.05) is 0 Å². The largest absolute Gasteiger partial charge is 0.394 e. The van der Waals surface area contributed by atoms with Gasteiger partial charge in [0.25, 0.3) is 5.91 Å². The van der Waals surface area contributed by atoms with Crippen molar-refractivity contribution in [3.8, 4) is 0 Å². The number of carbonyl (C=O) groups is 1. The molecule has 0 aromatic carbocycles. The smallest absolute Gasteiger partial charge is 0.254 e. The number of hydrogen-bond acceptors (Lipinski definition) is 4. The zero-order valence-corrected chi connectivity index (χ0v) is 7.83. The molecule has 2 rings (SSSR count). The van der Waals surface area contributed by atoms with E-state index in [0.29, 0.717) is 6.42 Å². The third-order valence-corrected chi connectivity index (χ3v) is 3.22. The standard InChI is InChI=1S/C9H15NO4/c11-4-6-2-1-5-3-7(12)8(13)9(14)10(5)6/h5-8,11-13H,1-4H2/t5-,6-,7-,8+/m0/s1. The van der Waals surface area contributed by atoms with Crippen LogP contribution in [-0.2, 0) is 4.79 Å². The van der Waals surface area contributed by atoms with Gasteiger partial charge in [0.1, 0.15) is 0 Å². The van der Waals surface area contributed by atoms with E-state index >= 15 is 0 Å². The summed E-state index contributed by atoms with van der Waals surface area (Å²) in [4.78, 5) is 13.1. The van der Waals surface area contributed by atoms with Gasteiger partial charge in [0, 0.05) is 6.04 Å². The Labute approximate surface area is 82.0 Å². The van der Waals surface area contributed by atoms with E-state index in [2.05, 4.69) is 0 Å². The van der Waals surface area contributed by atoms with Gasteiger partial charge in [-0.3, -0.25) is 4.79 Å². The summed E-state index contributed by atoms with van der Waals surface area (Å²) in [5.41, 5.74) is 0. The molecule has 0 aromatic rings. The number of fused-ring (bicyclic) bond motifs is 1. The fourth-order valence-corrected chi connectivity index (χ4v) is 2.46. The molecular formula is C9H15NO4. The fourth-order valence-electron chi connectivity index (χ4n) is 2.46. The van der Waals surface area contributed by atoms with Gasteiger partial charge in [-0.2, -0.15) is 0 Å². The molecule has 5 heteroatoms. The van der Waals surface area contributed by atoms with E-state index in [9.17, 15) is 15.0 Å². The van der Waals surface area contributed by atoms with Crippen LogP contribution >= 0.6 is 0 Å². The summed E-state index contributed by atoms with van der Waals surface area (Å²) in [7, 11) is 0. The minimum atomic E-state index is -1.31. The average molecular weight is 201 g/mol. The molecule has 0 unspecified atom stereocenters. The number of aliphatic hydroxyl groups is 3. The fraction of sp³-hybridized carbons (Fsp3) is 0.889. The van der Waals surface area contributed by atoms with Crippen molar-refractivity contribution in [1.29, 1.82) is 0 Å². The lowest BCUT2D eigenvalue weighted by atomic mass is 9.97. The zero-order valence-electron chi connectivity index (χ0n) is 7.83. The zero-order chi connectivity index (χ0) is 10.3. The Hall–Kier alpha value is -0.650. The van der Waals surface area contributed by atoms with Gasteiger partial charge in [-0.05, 0) is 19.3 Å². The molecule has 3 N–H and O–H groups in total. The molecule has 2 saturated heterocycles. The summed E-state index contributed by atoms with van der Waals surface area (Å²) in [6.45, 7) is -0.0644. The van der Waals surface area contributed by atoms with Crippen LogP contribution in [0, 0.1) is 0 Å². The van der Waals surface area contributed by atoms with Crippen LogP contribution in [0.2, 0.25) is 0 Å². The number of nitrogens with zero attached hydrogens (tertiary/aromatic N) is 1. The van der Waals surface area contributed by atoms with Gasteiger partial charge in [0.05, 0.1) is 18.8 Å². The second-order valence-electron chi connectivity index (χ2n) is 4.06. The van der Waals surface area contributed by atoms with E-state index in [-0.39, 0.29) is 18.7 Å². The quantitative estimate of drug-likeness (QED) is 0.480. The average Bonchev–Trinajstić information content (AvgIpc) is 2.57. The van der Waals surface area contributed by atoms with Crippen molar-refractivity contribution in [2.75, 3.05) is 6.61 Å². The van der Waals surface area contributed by atoms with E-state index < -0.39 is 18.1 Å². The van der Waals surface area contributed by atoms with Gasteiger partial charge in [0.2, 0.25) is 0 Å². The molecule has 2 fully saturated rings. The Kier molecular flexibility index (Phi) is 2.47. The molecule has 2 heterocycles. The minimum Gasteiger partial charge on any atom is -0.394 e. The molecule has 5 nitrogen and oxygen atoms in total. The molecule has 0 saturated carbocycles. The van der Waals surface area contributed by atoms with Crippen LogP contribution in [-0.4, -0.2) is 57.0 Å². The number of carbonyl (C=O) groups excluding carboxylic acids is 1. The SMILES string of the molecule is O=C1[C@H](O)[C@@H](O)C[C@@H]2CC[C@@H](CO)N12. The van der Waals surface area contributed by atoms with Crippen LogP contribution in [0.15, 0.2) is 0 Å². The van der Waals surface area contributed by atoms with Crippen LogP contribution in [0.5, 0.6) is 0 Å². The summed E-state index contributed by atoms with van der Waals surface area (Å²) in [5.74, 6) is -0.440. The summed E-state index contributed by atoms with van der Waals surface area (Å²) < 4.78 is 0. The molecular weight excluding hydrogens is 186 g/mol. The summed E-state index contributed by atoms with van der Waals surface area (Å²) in [6.07, 6.45) is -0.268. The number of amides is 1. The van der Waals surface area contributed by atoms with E-state index in [1.54, 1.807) is 0 Å². The number of piperidine rings is 1. The predicted octanol–water partition coefficient (Wildman–Crippen LogP) is -1.54. The first-order valence-corrected chi connectivity index (χ1v) is 4.94. The van der Waals surface area contributed by atoms with Crippen molar-refractivity contribution in [3.63, 3.8) is 0 Å². The highest BCUT2D eigenvalue weighted by Crippen LogP contribution is 2.32. The van der Waals surface area contributed by atoms with Crippen LogP contribution in [0.1, 0.15) is 19.3 Å². The topological polar surface area (TPSA) is 81.0 Å². The number of aliphatic hydroxyl groups excluding tert-OH is 3. The lowest BCUT2D eigenvalue weighted by Gasteiger charge is -2.38. The lowest BCUT2D eigenvalue weighted by molar-refractivity contribution is -0.158. The molecule has 0 bridgehead atoms. The van der Waals surface area contributed by atoms with Crippen LogP contribution in [0.25, 0.3) is 0 Å². The molecule has 4 atom stereocenters. The third-order valence-electron chi connectivity index (χ3n) is 3.22. The van der Waals surface area contributed by atoms with Crippen molar-refractivity contribution < 1.29 is 20.1 Å². The van der Waals surface area contributed by atoms with Crippen LogP contribution < -0.4 is 0 Å². The monoisotopic (exact) mass is 201 g/mol. The highest BCUT2D eigenvalue weighted by Gasteiger charge is 2.46. The van der Waals surface area contributed by atoms with E-state index in [0.717, 1.165) is 12.8 Å². The minimum absolute atomic E-state index is 0.00181. The Balaban J connectivity index is 2.17. The number of rotatable bonds is 1. The maximum atomic E-state index is 11.6. The van der Waals surface area contributed by atoms with Crippen molar-refractivity contribution in [1.82, 2.24) is 4.90 Å². The second kappa shape index (κ2) is 3.49. The van der Waals surface area contributed by atoms with Gasteiger partial charge in [-0.25, -0.2) is 0 Å². The maximum absolute atomic E-state index is 11.6. The predicted molar refractivity (Wildman–Crippen MR) is 47.4 cm³/mol. The Morgan fingerprint density at radius 2 is 2.07 bits per heavy atom. The molecule has 1 amide bonds. The normalized spacial score (nSPS) is 42.8. The highest BCUT2D eigenvalue weighted by molar-refractivity contribution is 5.83. The van der Waals surface area contributed by atoms with E-state index in [4.69, 9.17) is 5.11 Å². The molecule has 0 spiro atoms. The van der Waals surface area contributed by atoms with E-state index in [1.165, 1.54) is 4.90 Å². The van der Waals surface area contributed by atoms with Gasteiger partial charge in [0.15, 0.2) is 6.10 Å². The van der Waals surface area contributed by atoms with Crippen LogP contribution in [0.4, 0.5) is 0 Å². The molecule has 80 valence electrons. The molecule has 2 aliphatic rings. The van der Waals surface area contributed by atoms with Gasteiger partial charge >= 0.3 is 0 Å². The Morgan fingerprint density at radius 3 is 2.71 bits per heavy atom. The first-order valence-electron chi connectivity index (χ1n) is 4.94. The van der Waals surface area contributed by atoms with Crippen molar-refractivity contribution in [2.24, 2.45) is 0 Å². The lowest BCUT2D eigenvalue weighted by Crippen LogP contribution is -2.56. The first-order chi connectivity index (χ1) is 6.65. The van der Waals surface area contributed by atoms with Crippen molar-refractivity contribution in [2.45, 2.75) is 43.6 Å². The molecule has 14 heavy (non-hydrogen) atoms. The van der Waals surface area contributed by atoms with Crippen LogP contribution in [0.3, 0.4) is 0 Å². The maximum Gasteiger partial charge on any atom is 0.254 e. The number of hydrogen-bond donors (Lipinski definition) is 3.